The Hall–Kier alpha value is -3.55. The third-order valence-electron chi connectivity index (χ3n) is 6.38. The molecule has 2 aromatic rings. The van der Waals surface area contributed by atoms with E-state index in [4.69, 9.17) is 4.74 Å². The molecule has 0 saturated heterocycles. The van der Waals surface area contributed by atoms with Crippen LogP contribution < -0.4 is 10.6 Å². The second kappa shape index (κ2) is 11.9. The van der Waals surface area contributed by atoms with Gasteiger partial charge in [0.1, 0.15) is 23.4 Å². The van der Waals surface area contributed by atoms with Crippen LogP contribution in [0.5, 0.6) is 5.75 Å². The summed E-state index contributed by atoms with van der Waals surface area (Å²) in [6.07, 6.45) is 1.14. The van der Waals surface area contributed by atoms with Gasteiger partial charge in [-0.2, -0.15) is 0 Å². The van der Waals surface area contributed by atoms with Crippen LogP contribution in [0.4, 0.5) is 10.5 Å². The molecule has 0 aromatic heterocycles. The van der Waals surface area contributed by atoms with Crippen LogP contribution in [0.3, 0.4) is 0 Å². The molecule has 1 aliphatic carbocycles. The lowest BCUT2D eigenvalue weighted by molar-refractivity contribution is -0.141. The van der Waals surface area contributed by atoms with Crippen molar-refractivity contribution in [3.05, 3.63) is 59.2 Å². The van der Waals surface area contributed by atoms with Crippen molar-refractivity contribution >= 4 is 23.6 Å². The van der Waals surface area contributed by atoms with Crippen molar-refractivity contribution in [2.45, 2.75) is 91.5 Å². The number of phenolic OH excluding ortho intramolecular Hbond substituents is 1. The predicted octanol–water partition coefficient (Wildman–Crippen LogP) is 5.62. The maximum Gasteiger partial charge on any atom is 0.408 e. The van der Waals surface area contributed by atoms with Crippen LogP contribution in [0.1, 0.15) is 76.6 Å². The lowest BCUT2D eigenvalue weighted by atomic mass is 9.98. The van der Waals surface area contributed by atoms with Gasteiger partial charge in [-0.05, 0) is 77.0 Å². The van der Waals surface area contributed by atoms with Gasteiger partial charge in [0.2, 0.25) is 5.91 Å². The van der Waals surface area contributed by atoms with E-state index in [-0.39, 0.29) is 23.6 Å². The Morgan fingerprint density at radius 2 is 1.63 bits per heavy atom. The van der Waals surface area contributed by atoms with Crippen LogP contribution >= 0.6 is 0 Å². The highest BCUT2D eigenvalue weighted by atomic mass is 16.6. The van der Waals surface area contributed by atoms with Crippen LogP contribution in [0.2, 0.25) is 0 Å². The highest BCUT2D eigenvalue weighted by Crippen LogP contribution is 2.39. The molecule has 0 radical (unpaired) electrons. The molecule has 2 aromatic carbocycles. The summed E-state index contributed by atoms with van der Waals surface area (Å²) in [5, 5.41) is 16.6. The Labute approximate surface area is 225 Å². The highest BCUT2D eigenvalue weighted by Gasteiger charge is 2.45. The smallest absolute Gasteiger partial charge is 0.408 e. The van der Waals surface area contributed by atoms with Crippen molar-refractivity contribution in [1.29, 1.82) is 0 Å². The quantitative estimate of drug-likeness (QED) is 0.395. The predicted molar refractivity (Wildman–Crippen MR) is 148 cm³/mol. The fourth-order valence-corrected chi connectivity index (χ4v) is 4.53. The van der Waals surface area contributed by atoms with Gasteiger partial charge in [-0.3, -0.25) is 9.59 Å². The Kier molecular flexibility index (Phi) is 9.07. The van der Waals surface area contributed by atoms with Crippen LogP contribution in [-0.2, 0) is 14.3 Å². The number of hydrogen-bond acceptors (Lipinski definition) is 5. The number of rotatable bonds is 9. The molecule has 8 nitrogen and oxygen atoms in total. The summed E-state index contributed by atoms with van der Waals surface area (Å²) >= 11 is 0. The number of nitrogens with one attached hydrogen (secondary N) is 2. The van der Waals surface area contributed by atoms with Gasteiger partial charge in [-0.15, -0.1) is 0 Å². The zero-order valence-electron chi connectivity index (χ0n) is 23.5. The Bertz CT molecular complexity index is 1150. The van der Waals surface area contributed by atoms with E-state index in [0.29, 0.717) is 17.7 Å². The Balaban J connectivity index is 2.03. The molecule has 0 heterocycles. The number of carbonyl (C=O) groups excluding carboxylic acids is 3. The molecule has 2 atom stereocenters. The number of aryl methyl sites for hydroxylation is 2. The summed E-state index contributed by atoms with van der Waals surface area (Å²) in [4.78, 5) is 42.4. The number of ether oxygens (including phenoxy) is 1. The monoisotopic (exact) mass is 523 g/mol. The maximum absolute atomic E-state index is 14.2. The molecule has 38 heavy (non-hydrogen) atoms. The van der Waals surface area contributed by atoms with E-state index in [0.717, 1.165) is 24.0 Å². The second-order valence-corrected chi connectivity index (χ2v) is 11.5. The molecule has 0 bridgehead atoms. The van der Waals surface area contributed by atoms with Gasteiger partial charge >= 0.3 is 6.09 Å². The molecule has 3 amide bonds. The van der Waals surface area contributed by atoms with E-state index in [2.05, 4.69) is 10.6 Å². The minimum atomic E-state index is -1.09. The van der Waals surface area contributed by atoms with Gasteiger partial charge in [0, 0.05) is 17.3 Å². The van der Waals surface area contributed by atoms with Gasteiger partial charge in [0.25, 0.3) is 5.91 Å². The summed E-state index contributed by atoms with van der Waals surface area (Å²) in [5.41, 5.74) is 2.06. The highest BCUT2D eigenvalue weighted by molar-refractivity contribution is 6.00. The lowest BCUT2D eigenvalue weighted by Gasteiger charge is -2.35. The number of alkyl carbamates (subject to hydrolysis) is 1. The van der Waals surface area contributed by atoms with Crippen molar-refractivity contribution in [1.82, 2.24) is 10.2 Å². The first-order chi connectivity index (χ1) is 17.8. The van der Waals surface area contributed by atoms with Crippen molar-refractivity contribution < 1.29 is 24.2 Å². The number of nitrogens with zero attached hydrogens (tertiary/aromatic N) is 1. The van der Waals surface area contributed by atoms with Gasteiger partial charge < -0.3 is 25.4 Å². The van der Waals surface area contributed by atoms with Crippen molar-refractivity contribution in [2.75, 3.05) is 5.32 Å². The zero-order valence-corrected chi connectivity index (χ0v) is 23.5. The molecule has 2 unspecified atom stereocenters. The molecule has 1 fully saturated rings. The van der Waals surface area contributed by atoms with Gasteiger partial charge in [0.15, 0.2) is 0 Å². The van der Waals surface area contributed by atoms with Crippen molar-refractivity contribution in [3.8, 4) is 5.75 Å². The van der Waals surface area contributed by atoms with Crippen LogP contribution in [0.25, 0.3) is 0 Å². The maximum atomic E-state index is 14.2. The van der Waals surface area contributed by atoms with E-state index in [1.54, 1.807) is 43.9 Å². The van der Waals surface area contributed by atoms with Crippen molar-refractivity contribution in [3.63, 3.8) is 0 Å². The molecule has 0 aliphatic heterocycles. The second-order valence-electron chi connectivity index (χ2n) is 11.5. The largest absolute Gasteiger partial charge is 0.508 e. The average molecular weight is 524 g/mol. The number of amides is 3. The number of para-hydroxylation sites is 2. The lowest BCUT2D eigenvalue weighted by Crippen LogP contribution is -2.53. The molecule has 8 heteroatoms. The summed E-state index contributed by atoms with van der Waals surface area (Å²) in [5.74, 6) is -0.790. The number of hydrogen-bond donors (Lipinski definition) is 3. The first kappa shape index (κ1) is 29.0. The van der Waals surface area contributed by atoms with E-state index < -0.39 is 29.7 Å². The molecule has 1 aliphatic rings. The topological polar surface area (TPSA) is 108 Å². The standard InChI is InChI=1S/C30H41N3O5/c1-18(2)17-23(31-29(37)38-30(5,6)7)28(36)33(21-15-16-21)26(22-13-8-9-14-24(22)34)27(35)32-25-19(3)11-10-12-20(25)4/h8-14,18,21,23,26,34H,15-17H2,1-7H3,(H,31,37)(H,32,35). The number of aromatic hydroxyl groups is 1. The molecular weight excluding hydrogens is 482 g/mol. The van der Waals surface area contributed by atoms with Gasteiger partial charge in [-0.25, -0.2) is 4.79 Å². The van der Waals surface area contributed by atoms with E-state index in [1.807, 2.05) is 45.9 Å². The molecule has 206 valence electrons. The van der Waals surface area contributed by atoms with Crippen LogP contribution in [0, 0.1) is 19.8 Å². The van der Waals surface area contributed by atoms with Gasteiger partial charge in [-0.1, -0.05) is 50.2 Å². The number of carbonyl (C=O) groups is 3. The fraction of sp³-hybridized carbons (Fsp3) is 0.500. The normalized spacial score (nSPS) is 14.9. The summed E-state index contributed by atoms with van der Waals surface area (Å²) in [6, 6.07) is 10.1. The first-order valence-electron chi connectivity index (χ1n) is 13.2. The molecule has 3 N–H and O–H groups in total. The third-order valence-corrected chi connectivity index (χ3v) is 6.38. The van der Waals surface area contributed by atoms with Crippen LogP contribution in [-0.4, -0.2) is 45.6 Å². The van der Waals surface area contributed by atoms with E-state index in [1.165, 1.54) is 6.07 Å². The molecular formula is C30H41N3O5. The van der Waals surface area contributed by atoms with Crippen molar-refractivity contribution in [2.24, 2.45) is 5.92 Å². The SMILES string of the molecule is Cc1cccc(C)c1NC(=O)C(c1ccccc1O)N(C(=O)C(CC(C)C)NC(=O)OC(C)(C)C)C1CC1. The first-order valence-corrected chi connectivity index (χ1v) is 13.2. The summed E-state index contributed by atoms with van der Waals surface area (Å²) < 4.78 is 5.43. The molecule has 3 rings (SSSR count). The fourth-order valence-electron chi connectivity index (χ4n) is 4.53. The number of anilines is 1. The van der Waals surface area contributed by atoms with E-state index in [9.17, 15) is 19.5 Å². The number of benzene rings is 2. The number of phenols is 1. The third kappa shape index (κ3) is 7.49. The minimum absolute atomic E-state index is 0.0758. The van der Waals surface area contributed by atoms with Crippen LogP contribution in [0.15, 0.2) is 42.5 Å². The summed E-state index contributed by atoms with van der Waals surface area (Å²) in [6.45, 7) is 13.0. The van der Waals surface area contributed by atoms with E-state index >= 15 is 0 Å². The van der Waals surface area contributed by atoms with Gasteiger partial charge in [0.05, 0.1) is 0 Å². The minimum Gasteiger partial charge on any atom is -0.508 e. The summed E-state index contributed by atoms with van der Waals surface area (Å²) in [7, 11) is 0. The molecule has 0 spiro atoms. The zero-order chi connectivity index (χ0) is 28.2. The Morgan fingerprint density at radius 1 is 1.03 bits per heavy atom. The average Bonchev–Trinajstić information content (AvgIpc) is 3.63. The Morgan fingerprint density at radius 3 is 2.16 bits per heavy atom. The molecule has 1 saturated carbocycles.